The Morgan fingerprint density at radius 2 is 2.00 bits per heavy atom. The fourth-order valence-corrected chi connectivity index (χ4v) is 3.39. The van der Waals surface area contributed by atoms with Crippen LogP contribution in [0.5, 0.6) is 0 Å². The third kappa shape index (κ3) is 5.73. The van der Waals surface area contributed by atoms with Crippen molar-refractivity contribution >= 4 is 29.3 Å². The molecule has 0 atom stereocenters. The van der Waals surface area contributed by atoms with E-state index in [-0.39, 0.29) is 5.91 Å². The van der Waals surface area contributed by atoms with Gasteiger partial charge in [0.15, 0.2) is 0 Å². The third-order valence-corrected chi connectivity index (χ3v) is 5.01. The molecule has 1 aliphatic rings. The van der Waals surface area contributed by atoms with Gasteiger partial charge in [-0.25, -0.2) is 0 Å². The van der Waals surface area contributed by atoms with E-state index in [0.717, 1.165) is 24.5 Å². The van der Waals surface area contributed by atoms with Crippen LogP contribution in [0.1, 0.15) is 18.4 Å². The zero-order valence-electron chi connectivity index (χ0n) is 11.5. The number of piperidine rings is 1. The van der Waals surface area contributed by atoms with Gasteiger partial charge in [0.2, 0.25) is 5.91 Å². The molecule has 5 heteroatoms. The molecular weight excluding hydrogens is 292 g/mol. The predicted molar refractivity (Wildman–Crippen MR) is 86.5 cm³/mol. The van der Waals surface area contributed by atoms with Crippen LogP contribution in [-0.4, -0.2) is 36.5 Å². The van der Waals surface area contributed by atoms with Crippen LogP contribution < -0.4 is 10.6 Å². The fourth-order valence-electron chi connectivity index (χ4n) is 2.20. The number of hydrogen-bond donors (Lipinski definition) is 2. The molecule has 1 aromatic rings. The largest absolute Gasteiger partial charge is 0.355 e. The minimum atomic E-state index is 0.141. The third-order valence-electron chi connectivity index (χ3n) is 3.39. The van der Waals surface area contributed by atoms with Crippen molar-refractivity contribution in [3.05, 3.63) is 34.9 Å². The number of amides is 1. The number of benzene rings is 1. The molecule has 3 nitrogen and oxygen atoms in total. The van der Waals surface area contributed by atoms with Gasteiger partial charge in [0, 0.05) is 16.8 Å². The number of thioether (sulfide) groups is 1. The molecule has 0 bridgehead atoms. The van der Waals surface area contributed by atoms with E-state index in [1.165, 1.54) is 18.4 Å². The lowest BCUT2D eigenvalue weighted by molar-refractivity contribution is -0.118. The summed E-state index contributed by atoms with van der Waals surface area (Å²) in [4.78, 5) is 11.8. The van der Waals surface area contributed by atoms with Gasteiger partial charge in [-0.3, -0.25) is 4.79 Å². The minimum absolute atomic E-state index is 0.141. The Bertz CT molecular complexity index is 418. The molecule has 0 unspecified atom stereocenters. The Balaban J connectivity index is 1.58. The van der Waals surface area contributed by atoms with Gasteiger partial charge in [-0.05, 0) is 50.0 Å². The van der Waals surface area contributed by atoms with E-state index in [1.54, 1.807) is 11.8 Å². The van der Waals surface area contributed by atoms with E-state index in [2.05, 4.69) is 10.6 Å². The van der Waals surface area contributed by atoms with E-state index in [9.17, 15) is 4.79 Å². The summed E-state index contributed by atoms with van der Waals surface area (Å²) < 4.78 is 0. The Hall–Kier alpha value is -0.710. The van der Waals surface area contributed by atoms with E-state index < -0.39 is 0 Å². The Morgan fingerprint density at radius 3 is 2.70 bits per heavy atom. The van der Waals surface area contributed by atoms with Crippen molar-refractivity contribution in [2.75, 3.05) is 25.4 Å². The average molecular weight is 313 g/mol. The maximum Gasteiger partial charge on any atom is 0.230 e. The van der Waals surface area contributed by atoms with Crippen LogP contribution in [0.3, 0.4) is 0 Å². The zero-order chi connectivity index (χ0) is 14.2. The molecular formula is C15H21ClN2OS. The minimum Gasteiger partial charge on any atom is -0.355 e. The van der Waals surface area contributed by atoms with Gasteiger partial charge >= 0.3 is 0 Å². The first-order chi connectivity index (χ1) is 9.74. The summed E-state index contributed by atoms with van der Waals surface area (Å²) in [5.41, 5.74) is 1.20. The lowest BCUT2D eigenvalue weighted by Gasteiger charge is -2.21. The quantitative estimate of drug-likeness (QED) is 0.848. The highest BCUT2D eigenvalue weighted by Crippen LogP contribution is 2.19. The fraction of sp³-hybridized carbons (Fsp3) is 0.533. The highest BCUT2D eigenvalue weighted by Gasteiger charge is 2.14. The van der Waals surface area contributed by atoms with Crippen LogP contribution in [0.15, 0.2) is 24.3 Å². The van der Waals surface area contributed by atoms with Crippen molar-refractivity contribution in [3.63, 3.8) is 0 Å². The van der Waals surface area contributed by atoms with E-state index in [1.807, 2.05) is 24.3 Å². The number of carbonyl (C=O) groups is 1. The Kier molecular flexibility index (Phi) is 6.70. The average Bonchev–Trinajstić information content (AvgIpc) is 2.48. The highest BCUT2D eigenvalue weighted by molar-refractivity contribution is 8.00. The van der Waals surface area contributed by atoms with Gasteiger partial charge < -0.3 is 10.6 Å². The lowest BCUT2D eigenvalue weighted by atomic mass is 10.1. The van der Waals surface area contributed by atoms with Crippen LogP contribution in [-0.2, 0) is 11.2 Å². The summed E-state index contributed by atoms with van der Waals surface area (Å²) in [7, 11) is 0. The van der Waals surface area contributed by atoms with Gasteiger partial charge in [0.05, 0.1) is 5.75 Å². The topological polar surface area (TPSA) is 41.1 Å². The van der Waals surface area contributed by atoms with Crippen molar-refractivity contribution in [1.29, 1.82) is 0 Å². The molecule has 110 valence electrons. The van der Waals surface area contributed by atoms with Gasteiger partial charge in [0.1, 0.15) is 0 Å². The van der Waals surface area contributed by atoms with E-state index in [0.29, 0.717) is 17.5 Å². The second kappa shape index (κ2) is 8.55. The first-order valence-corrected chi connectivity index (χ1v) is 8.50. The number of rotatable bonds is 6. The Morgan fingerprint density at radius 1 is 1.30 bits per heavy atom. The van der Waals surface area contributed by atoms with Crippen molar-refractivity contribution < 1.29 is 4.79 Å². The molecule has 1 amide bonds. The van der Waals surface area contributed by atoms with E-state index >= 15 is 0 Å². The van der Waals surface area contributed by atoms with Crippen molar-refractivity contribution in [1.82, 2.24) is 10.6 Å². The summed E-state index contributed by atoms with van der Waals surface area (Å²) in [6, 6.07) is 7.76. The van der Waals surface area contributed by atoms with Crippen molar-refractivity contribution in [3.8, 4) is 0 Å². The highest BCUT2D eigenvalue weighted by atomic mass is 35.5. The van der Waals surface area contributed by atoms with Crippen molar-refractivity contribution in [2.24, 2.45) is 0 Å². The van der Waals surface area contributed by atoms with E-state index in [4.69, 9.17) is 11.6 Å². The molecule has 2 N–H and O–H groups in total. The van der Waals surface area contributed by atoms with Crippen LogP contribution >= 0.6 is 23.4 Å². The van der Waals surface area contributed by atoms with Crippen LogP contribution in [0.2, 0.25) is 5.02 Å². The molecule has 1 saturated heterocycles. The summed E-state index contributed by atoms with van der Waals surface area (Å²) >= 11 is 7.62. The molecule has 0 radical (unpaired) electrons. The van der Waals surface area contributed by atoms with Gasteiger partial charge in [-0.15, -0.1) is 11.8 Å². The maximum absolute atomic E-state index is 11.8. The predicted octanol–water partition coefficient (Wildman–Crippen LogP) is 2.48. The molecule has 1 heterocycles. The summed E-state index contributed by atoms with van der Waals surface area (Å²) in [6.45, 7) is 2.85. The van der Waals surface area contributed by atoms with Gasteiger partial charge in [0.25, 0.3) is 0 Å². The summed E-state index contributed by atoms with van der Waals surface area (Å²) in [5.74, 6) is 0.716. The normalized spacial score (nSPS) is 16.1. The molecule has 1 aromatic carbocycles. The standard InChI is InChI=1S/C15H21ClN2OS/c16-13-3-1-12(2-4-13)5-10-18-15(19)11-20-14-6-8-17-9-7-14/h1-4,14,17H,5-11H2,(H,18,19). The second-order valence-corrected chi connectivity index (χ2v) is 6.71. The second-order valence-electron chi connectivity index (χ2n) is 4.99. The SMILES string of the molecule is O=C(CSC1CCNCC1)NCCc1ccc(Cl)cc1. The first kappa shape index (κ1) is 15.7. The molecule has 0 aromatic heterocycles. The molecule has 20 heavy (non-hydrogen) atoms. The number of nitrogens with one attached hydrogen (secondary N) is 2. The summed E-state index contributed by atoms with van der Waals surface area (Å²) in [6.07, 6.45) is 3.19. The Labute approximate surface area is 129 Å². The van der Waals surface area contributed by atoms with Gasteiger partial charge in [-0.1, -0.05) is 23.7 Å². The lowest BCUT2D eigenvalue weighted by Crippen LogP contribution is -2.32. The zero-order valence-corrected chi connectivity index (χ0v) is 13.1. The molecule has 0 spiro atoms. The molecule has 2 rings (SSSR count). The number of halogens is 1. The maximum atomic E-state index is 11.8. The number of carbonyl (C=O) groups excluding carboxylic acids is 1. The molecule has 1 fully saturated rings. The first-order valence-electron chi connectivity index (χ1n) is 7.07. The smallest absolute Gasteiger partial charge is 0.230 e. The van der Waals surface area contributed by atoms with Crippen LogP contribution in [0.4, 0.5) is 0 Å². The monoisotopic (exact) mass is 312 g/mol. The molecule has 1 aliphatic heterocycles. The molecule has 0 aliphatic carbocycles. The van der Waals surface area contributed by atoms with Crippen molar-refractivity contribution in [2.45, 2.75) is 24.5 Å². The van der Waals surface area contributed by atoms with Crippen LogP contribution in [0.25, 0.3) is 0 Å². The molecule has 0 saturated carbocycles. The van der Waals surface area contributed by atoms with Gasteiger partial charge in [-0.2, -0.15) is 0 Å². The summed E-state index contributed by atoms with van der Waals surface area (Å²) in [5, 5.41) is 7.70. The van der Waals surface area contributed by atoms with Crippen LogP contribution in [0, 0.1) is 0 Å². The number of hydrogen-bond acceptors (Lipinski definition) is 3.